The van der Waals surface area contributed by atoms with Crippen LogP contribution in [0.25, 0.3) is 11.2 Å². The summed E-state index contributed by atoms with van der Waals surface area (Å²) in [5.74, 6) is -0.247. The smallest absolute Gasteiger partial charge is 0.385 e. The van der Waals surface area contributed by atoms with Crippen molar-refractivity contribution in [2.75, 3.05) is 12.3 Å². The summed E-state index contributed by atoms with van der Waals surface area (Å²) >= 11 is 4.62. The number of hydrogen-bond acceptors (Lipinski definition) is 12. The van der Waals surface area contributed by atoms with Crippen molar-refractivity contribution in [3.63, 3.8) is 0 Å². The van der Waals surface area contributed by atoms with Gasteiger partial charge in [0, 0.05) is 0 Å². The molecule has 0 radical (unpaired) electrons. The number of ether oxygens (including phenoxy) is 1. The first-order chi connectivity index (χ1) is 14.3. The Hall–Kier alpha value is -1.26. The molecule has 0 spiro atoms. The molecule has 7 N–H and O–H groups in total. The van der Waals surface area contributed by atoms with Gasteiger partial charge in [0.1, 0.15) is 18.8 Å². The second-order valence-electron chi connectivity index (χ2n) is 5.92. The van der Waals surface area contributed by atoms with E-state index in [9.17, 15) is 28.3 Å². The lowest BCUT2D eigenvalue weighted by atomic mass is 10.1. The van der Waals surface area contributed by atoms with Crippen molar-refractivity contribution in [2.45, 2.75) is 24.6 Å². The monoisotopic (exact) mass is 524 g/mol. The number of nitrogens with two attached hydrogens (primary N) is 1. The maximum Gasteiger partial charge on any atom is 0.532 e. The molecule has 0 amide bonds. The summed E-state index contributed by atoms with van der Waals surface area (Å²) in [6.07, 6.45) is -5.55. The highest BCUT2D eigenvalue weighted by atomic mass is 32.4. The van der Waals surface area contributed by atoms with Crippen molar-refractivity contribution in [2.24, 2.45) is 0 Å². The number of H-pyrrole nitrogens is 1. The molecule has 3 unspecified atom stereocenters. The zero-order chi connectivity index (χ0) is 23.1. The number of halogens is 1. The van der Waals surface area contributed by atoms with E-state index in [0.717, 1.165) is 10.9 Å². The van der Waals surface area contributed by atoms with Gasteiger partial charge in [0.15, 0.2) is 23.6 Å². The van der Waals surface area contributed by atoms with Crippen LogP contribution in [0.5, 0.6) is 0 Å². The third-order valence-electron chi connectivity index (χ3n) is 3.74. The molecule has 2 aromatic heterocycles. The molecule has 3 heterocycles. The van der Waals surface area contributed by atoms with E-state index in [1.54, 1.807) is 0 Å². The summed E-state index contributed by atoms with van der Waals surface area (Å²) < 4.78 is 55.7. The molecule has 1 saturated heterocycles. The fourth-order valence-electron chi connectivity index (χ4n) is 2.59. The number of nitrogens with one attached hydrogen (secondary N) is 1. The number of anilines is 1. The molecule has 172 valence electrons. The molecule has 3 rings (SSSR count). The summed E-state index contributed by atoms with van der Waals surface area (Å²) in [7, 11) is -13.3. The molecular weight excluding hydrogens is 510 g/mol. The van der Waals surface area contributed by atoms with E-state index in [2.05, 4.69) is 35.4 Å². The largest absolute Gasteiger partial charge is 0.532 e. The zero-order valence-electron chi connectivity index (χ0n) is 14.8. The van der Waals surface area contributed by atoms with Crippen LogP contribution in [0.1, 0.15) is 6.23 Å². The van der Waals surface area contributed by atoms with Gasteiger partial charge in [-0.1, -0.05) is 0 Å². The Bertz CT molecular complexity index is 1150. The quantitative estimate of drug-likeness (QED) is 0.234. The van der Waals surface area contributed by atoms with E-state index in [-0.39, 0.29) is 17.1 Å². The van der Waals surface area contributed by atoms with Gasteiger partial charge in [0.2, 0.25) is 17.8 Å². The number of alkyl halides is 1. The molecule has 21 heteroatoms. The van der Waals surface area contributed by atoms with E-state index in [1.165, 1.54) is 0 Å². The van der Waals surface area contributed by atoms with Crippen LogP contribution in [-0.2, 0) is 38.8 Å². The van der Waals surface area contributed by atoms with Crippen LogP contribution in [0.2, 0.25) is 0 Å². The van der Waals surface area contributed by atoms with Gasteiger partial charge >= 0.3 is 22.8 Å². The average Bonchev–Trinajstić information content (AvgIpc) is 3.13. The van der Waals surface area contributed by atoms with Crippen molar-refractivity contribution in [3.8, 4) is 0 Å². The van der Waals surface area contributed by atoms with Gasteiger partial charge in [-0.3, -0.25) is 19.2 Å². The molecule has 6 atom stereocenters. The van der Waals surface area contributed by atoms with Gasteiger partial charge < -0.3 is 25.4 Å². The number of aliphatic hydroxyl groups excluding tert-OH is 1. The van der Waals surface area contributed by atoms with Gasteiger partial charge in [0.25, 0.3) is 5.56 Å². The Morgan fingerprint density at radius 3 is 2.74 bits per heavy atom. The molecule has 0 aromatic carbocycles. The molecule has 1 fully saturated rings. The number of nitrogen functional groups attached to an aromatic ring is 1. The third-order valence-corrected chi connectivity index (χ3v) is 8.05. The lowest BCUT2D eigenvalue weighted by Crippen LogP contribution is -2.29. The normalized spacial score (nSPS) is 26.8. The molecule has 2 aromatic rings. The fraction of sp³-hybridized carbons (Fsp3) is 0.500. The van der Waals surface area contributed by atoms with Gasteiger partial charge in [-0.05, 0) is 4.31 Å². The van der Waals surface area contributed by atoms with E-state index < -0.39 is 59.6 Å². The van der Waals surface area contributed by atoms with Crippen LogP contribution in [0, 0.1) is 0 Å². The first-order valence-corrected chi connectivity index (χ1v) is 13.1. The van der Waals surface area contributed by atoms with Crippen LogP contribution in [-0.4, -0.2) is 64.3 Å². The van der Waals surface area contributed by atoms with Gasteiger partial charge in [0.05, 0.1) is 6.33 Å². The van der Waals surface area contributed by atoms with Crippen LogP contribution >= 0.6 is 22.8 Å². The zero-order valence-corrected chi connectivity index (χ0v) is 18.3. The van der Waals surface area contributed by atoms with E-state index >= 15 is 0 Å². The Balaban J connectivity index is 1.68. The molecular formula is C10H14FN5O11P3S+. The Morgan fingerprint density at radius 1 is 1.42 bits per heavy atom. The van der Waals surface area contributed by atoms with Crippen molar-refractivity contribution >= 4 is 51.7 Å². The molecule has 0 saturated carbocycles. The number of aromatic nitrogens is 4. The number of rotatable bonds is 8. The summed E-state index contributed by atoms with van der Waals surface area (Å²) in [6.45, 7) is -0.678. The lowest BCUT2D eigenvalue weighted by molar-refractivity contribution is -0.0457. The number of phosphoric acid groups is 2. The van der Waals surface area contributed by atoms with Crippen LogP contribution in [0.4, 0.5) is 10.3 Å². The molecule has 16 nitrogen and oxygen atoms in total. The fourth-order valence-corrected chi connectivity index (χ4v) is 6.13. The highest BCUT2D eigenvalue weighted by molar-refractivity contribution is 8.02. The van der Waals surface area contributed by atoms with Crippen molar-refractivity contribution < 1.29 is 51.2 Å². The Morgan fingerprint density at radius 2 is 2.10 bits per heavy atom. The SMILES string of the molecule is Nc1nc2c(ncn2[C@@H]2O[C@H](CO[P+](=S)OP(=O)(O)OP(=O)(O)O)[C@H](F)C2O)c(=O)[nH]1. The van der Waals surface area contributed by atoms with E-state index in [0.29, 0.717) is 0 Å². The maximum atomic E-state index is 14.5. The number of hydrogen-bond donors (Lipinski definition) is 6. The van der Waals surface area contributed by atoms with Crippen molar-refractivity contribution in [3.05, 3.63) is 16.7 Å². The predicted octanol–water partition coefficient (Wildman–Crippen LogP) is -0.685. The summed E-state index contributed by atoms with van der Waals surface area (Å²) in [6, 6.07) is 0. The van der Waals surface area contributed by atoms with Crippen LogP contribution < -0.4 is 11.3 Å². The third kappa shape index (κ3) is 5.76. The number of nitrogens with zero attached hydrogens (tertiary/aromatic N) is 3. The van der Waals surface area contributed by atoms with E-state index in [4.69, 9.17) is 24.8 Å². The second kappa shape index (κ2) is 8.94. The molecule has 1 aliphatic rings. The molecule has 0 bridgehead atoms. The number of fused-ring (bicyclic) bond motifs is 1. The summed E-state index contributed by atoms with van der Waals surface area (Å²) in [4.78, 5) is 48.0. The number of imidazole rings is 1. The molecule has 1 aliphatic heterocycles. The highest BCUT2D eigenvalue weighted by Crippen LogP contribution is 2.62. The molecule has 0 aliphatic carbocycles. The predicted molar refractivity (Wildman–Crippen MR) is 102 cm³/mol. The highest BCUT2D eigenvalue weighted by Gasteiger charge is 2.48. The minimum absolute atomic E-state index is 0.0799. The molecule has 31 heavy (non-hydrogen) atoms. The van der Waals surface area contributed by atoms with Gasteiger partial charge in [-0.25, -0.2) is 18.5 Å². The average molecular weight is 524 g/mol. The summed E-state index contributed by atoms with van der Waals surface area (Å²) in [5.41, 5.74) is 4.60. The first kappa shape index (κ1) is 24.4. The number of aromatic amines is 1. The van der Waals surface area contributed by atoms with Crippen LogP contribution in [0.15, 0.2) is 11.1 Å². The van der Waals surface area contributed by atoms with Gasteiger partial charge in [-0.15, -0.1) is 4.52 Å². The van der Waals surface area contributed by atoms with Gasteiger partial charge in [-0.2, -0.15) is 9.29 Å². The minimum atomic E-state index is -5.36. The topological polar surface area (TPSA) is 242 Å². The Kier molecular flexibility index (Phi) is 7.03. The Labute approximate surface area is 176 Å². The second-order valence-corrected chi connectivity index (χ2v) is 10.7. The van der Waals surface area contributed by atoms with Crippen molar-refractivity contribution in [1.82, 2.24) is 19.5 Å². The standard InChI is InChI=1S/C10H13FN5O11P3S/c11-4-3(1-24-28(31)26-30(22,23)27-29(19,20)21)25-9(6(4)17)16-2-13-5-7(16)14-10(12)15-8(5)18/h2-4,6,9,17H,1H2,(H5-,12,14,15,18,19,20,21,22,23)/p+1/t3-,4+,6?,9-/m1/s1. The summed E-state index contributed by atoms with van der Waals surface area (Å²) in [5, 5.41) is 10.2. The van der Waals surface area contributed by atoms with Crippen LogP contribution in [0.3, 0.4) is 0 Å². The maximum absolute atomic E-state index is 14.5. The van der Waals surface area contributed by atoms with Crippen molar-refractivity contribution in [1.29, 1.82) is 0 Å². The number of aliphatic hydroxyl groups is 1. The van der Waals surface area contributed by atoms with E-state index in [1.807, 2.05) is 0 Å². The minimum Gasteiger partial charge on any atom is -0.385 e. The first-order valence-electron chi connectivity index (χ1n) is 7.87. The lowest BCUT2D eigenvalue weighted by Gasteiger charge is -2.16.